The molecule has 8 heteroatoms. The van der Waals surface area contributed by atoms with Crippen molar-refractivity contribution < 1.29 is 19.0 Å². The number of rotatable bonds is 6. The standard InChI is InChI=1S/C31H32N4O4/c1-20-23(21-9-10-27-28(18-21)39-17-16-38-27)6-5-7-25(20)34-30-29-24(12-14-33-30)22(11-13-32-29)19-35-15-4-3-8-26(35)31(36)37-2/h5-7,9-14,18,26H,3-4,8,15-17,19H2,1-2H3,(H,33,34). The van der Waals surface area contributed by atoms with E-state index in [1.54, 1.807) is 0 Å². The number of esters is 1. The molecule has 0 radical (unpaired) electrons. The Kier molecular flexibility index (Phi) is 7.02. The van der Waals surface area contributed by atoms with Crippen molar-refractivity contribution in [1.29, 1.82) is 0 Å². The number of carbonyl (C=O) groups is 1. The van der Waals surface area contributed by atoms with E-state index in [1.165, 1.54) is 7.11 Å². The van der Waals surface area contributed by atoms with E-state index >= 15 is 0 Å². The molecular formula is C31H32N4O4. The fourth-order valence-corrected chi connectivity index (χ4v) is 5.59. The van der Waals surface area contributed by atoms with Crippen molar-refractivity contribution in [3.63, 3.8) is 0 Å². The summed E-state index contributed by atoms with van der Waals surface area (Å²) in [5.74, 6) is 2.08. The average molecular weight is 525 g/mol. The van der Waals surface area contributed by atoms with Gasteiger partial charge in [-0.25, -0.2) is 4.98 Å². The molecule has 0 saturated carbocycles. The molecule has 1 fully saturated rings. The lowest BCUT2D eigenvalue weighted by Crippen LogP contribution is -2.44. The number of pyridine rings is 2. The Bertz CT molecular complexity index is 1520. The Morgan fingerprint density at radius 3 is 2.77 bits per heavy atom. The van der Waals surface area contributed by atoms with Crippen LogP contribution in [0.2, 0.25) is 0 Å². The van der Waals surface area contributed by atoms with Crippen LogP contribution in [-0.4, -0.2) is 53.7 Å². The van der Waals surface area contributed by atoms with Gasteiger partial charge in [0, 0.05) is 30.0 Å². The highest BCUT2D eigenvalue weighted by molar-refractivity contribution is 5.92. The summed E-state index contributed by atoms with van der Waals surface area (Å²) in [6.45, 7) is 4.75. The second-order valence-corrected chi connectivity index (χ2v) is 9.99. The molecule has 2 aromatic heterocycles. The Morgan fingerprint density at radius 2 is 1.90 bits per heavy atom. The molecule has 200 valence electrons. The van der Waals surface area contributed by atoms with Crippen LogP contribution in [0.5, 0.6) is 11.5 Å². The minimum absolute atomic E-state index is 0.162. The highest BCUT2D eigenvalue weighted by Crippen LogP contribution is 2.38. The number of fused-ring (bicyclic) bond motifs is 2. The summed E-state index contributed by atoms with van der Waals surface area (Å²) in [5, 5.41) is 4.56. The summed E-state index contributed by atoms with van der Waals surface area (Å²) in [7, 11) is 1.46. The number of carbonyl (C=O) groups excluding carboxylic acids is 1. The van der Waals surface area contributed by atoms with Gasteiger partial charge in [-0.2, -0.15) is 0 Å². The normalized spacial score (nSPS) is 17.1. The Balaban J connectivity index is 1.30. The fourth-order valence-electron chi connectivity index (χ4n) is 5.59. The predicted octanol–water partition coefficient (Wildman–Crippen LogP) is 5.65. The second-order valence-electron chi connectivity index (χ2n) is 9.99. The first kappa shape index (κ1) is 25.1. The number of ether oxygens (including phenoxy) is 3. The number of methoxy groups -OCH3 is 1. The molecule has 1 unspecified atom stereocenters. The molecule has 4 heterocycles. The molecule has 0 spiro atoms. The molecule has 1 saturated heterocycles. The summed E-state index contributed by atoms with van der Waals surface area (Å²) in [6.07, 6.45) is 6.56. The molecule has 2 aromatic carbocycles. The minimum Gasteiger partial charge on any atom is -0.486 e. The van der Waals surface area contributed by atoms with Crippen LogP contribution in [0.15, 0.2) is 60.9 Å². The molecule has 1 atom stereocenters. The van der Waals surface area contributed by atoms with Gasteiger partial charge in [0.1, 0.15) is 24.8 Å². The lowest BCUT2D eigenvalue weighted by atomic mass is 9.98. The zero-order valence-corrected chi connectivity index (χ0v) is 22.3. The molecule has 0 aliphatic carbocycles. The number of benzene rings is 2. The smallest absolute Gasteiger partial charge is 0.323 e. The largest absolute Gasteiger partial charge is 0.486 e. The van der Waals surface area contributed by atoms with Gasteiger partial charge in [0.25, 0.3) is 0 Å². The molecule has 0 bridgehead atoms. The van der Waals surface area contributed by atoms with Crippen molar-refractivity contribution in [1.82, 2.24) is 14.9 Å². The van der Waals surface area contributed by atoms with Gasteiger partial charge in [0.2, 0.25) is 0 Å². The van der Waals surface area contributed by atoms with E-state index in [1.807, 2.05) is 42.7 Å². The molecule has 6 rings (SSSR count). The summed E-state index contributed by atoms with van der Waals surface area (Å²) in [5.41, 5.74) is 6.13. The van der Waals surface area contributed by atoms with Crippen LogP contribution in [0, 0.1) is 6.92 Å². The minimum atomic E-state index is -0.211. The Morgan fingerprint density at radius 1 is 1.05 bits per heavy atom. The predicted molar refractivity (Wildman–Crippen MR) is 150 cm³/mol. The lowest BCUT2D eigenvalue weighted by Gasteiger charge is -2.33. The van der Waals surface area contributed by atoms with E-state index in [0.29, 0.717) is 25.6 Å². The molecule has 0 amide bonds. The molecule has 1 N–H and O–H groups in total. The second kappa shape index (κ2) is 10.9. The van der Waals surface area contributed by atoms with Gasteiger partial charge in [0.15, 0.2) is 17.3 Å². The summed E-state index contributed by atoms with van der Waals surface area (Å²) in [6, 6.07) is 16.1. The van der Waals surface area contributed by atoms with Gasteiger partial charge in [-0.1, -0.05) is 24.6 Å². The molecule has 2 aliphatic heterocycles. The number of piperidine rings is 1. The van der Waals surface area contributed by atoms with Crippen LogP contribution in [0.1, 0.15) is 30.4 Å². The van der Waals surface area contributed by atoms with Gasteiger partial charge >= 0.3 is 5.97 Å². The van der Waals surface area contributed by atoms with E-state index in [4.69, 9.17) is 19.2 Å². The van der Waals surface area contributed by atoms with Gasteiger partial charge < -0.3 is 19.5 Å². The maximum Gasteiger partial charge on any atom is 0.323 e. The zero-order valence-electron chi connectivity index (χ0n) is 22.3. The number of hydrogen-bond acceptors (Lipinski definition) is 8. The lowest BCUT2D eigenvalue weighted by molar-refractivity contribution is -0.148. The Hall–Kier alpha value is -4.17. The number of likely N-dealkylation sites (tertiary alicyclic amines) is 1. The third-order valence-electron chi connectivity index (χ3n) is 7.65. The van der Waals surface area contributed by atoms with Gasteiger partial charge in [-0.15, -0.1) is 0 Å². The van der Waals surface area contributed by atoms with E-state index in [2.05, 4.69) is 40.3 Å². The molecule has 4 aromatic rings. The highest BCUT2D eigenvalue weighted by atomic mass is 16.6. The Labute approximate surface area is 227 Å². The van der Waals surface area contributed by atoms with Crippen molar-refractivity contribution in [3.8, 4) is 22.6 Å². The monoisotopic (exact) mass is 524 g/mol. The van der Waals surface area contributed by atoms with Crippen molar-refractivity contribution in [2.75, 3.05) is 32.2 Å². The first-order chi connectivity index (χ1) is 19.1. The maximum absolute atomic E-state index is 12.4. The van der Waals surface area contributed by atoms with Crippen molar-refractivity contribution in [2.45, 2.75) is 38.8 Å². The van der Waals surface area contributed by atoms with E-state index in [9.17, 15) is 4.79 Å². The molecular weight excluding hydrogens is 492 g/mol. The molecule has 39 heavy (non-hydrogen) atoms. The van der Waals surface area contributed by atoms with Crippen LogP contribution < -0.4 is 14.8 Å². The van der Waals surface area contributed by atoms with E-state index < -0.39 is 0 Å². The van der Waals surface area contributed by atoms with Crippen LogP contribution in [0.4, 0.5) is 11.5 Å². The topological polar surface area (TPSA) is 85.8 Å². The van der Waals surface area contributed by atoms with Crippen LogP contribution in [-0.2, 0) is 16.1 Å². The van der Waals surface area contributed by atoms with Gasteiger partial charge in [0.05, 0.1) is 7.11 Å². The summed E-state index contributed by atoms with van der Waals surface area (Å²) >= 11 is 0. The SMILES string of the molecule is COC(=O)C1CCCCN1Cc1ccnc2c(Nc3cccc(-c4ccc5c(c4)OCCO5)c3C)nccc12. The van der Waals surface area contributed by atoms with Crippen molar-refractivity contribution >= 4 is 28.4 Å². The van der Waals surface area contributed by atoms with E-state index in [0.717, 1.165) is 76.2 Å². The summed E-state index contributed by atoms with van der Waals surface area (Å²) < 4.78 is 16.6. The summed E-state index contributed by atoms with van der Waals surface area (Å²) in [4.78, 5) is 24.0. The number of nitrogens with one attached hydrogen (secondary N) is 1. The molecule has 2 aliphatic rings. The first-order valence-electron chi connectivity index (χ1n) is 13.4. The van der Waals surface area contributed by atoms with Gasteiger partial charge in [-0.3, -0.25) is 14.7 Å². The quantitative estimate of drug-likeness (QED) is 0.324. The number of hydrogen-bond donors (Lipinski definition) is 1. The zero-order chi connectivity index (χ0) is 26.8. The third kappa shape index (κ3) is 5.00. The first-order valence-corrected chi connectivity index (χ1v) is 13.4. The van der Waals surface area contributed by atoms with Gasteiger partial charge in [-0.05, 0) is 78.9 Å². The van der Waals surface area contributed by atoms with Crippen LogP contribution >= 0.6 is 0 Å². The van der Waals surface area contributed by atoms with Crippen LogP contribution in [0.25, 0.3) is 22.0 Å². The molecule has 8 nitrogen and oxygen atoms in total. The average Bonchev–Trinajstić information content (AvgIpc) is 2.98. The number of aromatic nitrogens is 2. The van der Waals surface area contributed by atoms with E-state index in [-0.39, 0.29) is 12.0 Å². The van der Waals surface area contributed by atoms with Crippen molar-refractivity contribution in [3.05, 3.63) is 72.1 Å². The van der Waals surface area contributed by atoms with Crippen LogP contribution in [0.3, 0.4) is 0 Å². The number of nitrogens with zero attached hydrogens (tertiary/aromatic N) is 3. The maximum atomic E-state index is 12.4. The third-order valence-corrected chi connectivity index (χ3v) is 7.65. The van der Waals surface area contributed by atoms with Crippen molar-refractivity contribution in [2.24, 2.45) is 0 Å². The highest BCUT2D eigenvalue weighted by Gasteiger charge is 2.29. The fraction of sp³-hybridized carbons (Fsp3) is 0.323. The number of anilines is 2.